The molecule has 1 heterocycles. The normalized spacial score (nSPS) is 10.1. The van der Waals surface area contributed by atoms with Crippen molar-refractivity contribution in [1.82, 2.24) is 20.0 Å². The molecule has 0 radical (unpaired) electrons. The Labute approximate surface area is 128 Å². The summed E-state index contributed by atoms with van der Waals surface area (Å²) in [6.45, 7) is 0.346. The fourth-order valence-corrected chi connectivity index (χ4v) is 1.82. The molecule has 0 spiro atoms. The van der Waals surface area contributed by atoms with Gasteiger partial charge in [-0.3, -0.25) is 4.79 Å². The Bertz CT molecular complexity index is 638. The Morgan fingerprint density at radius 3 is 2.68 bits per heavy atom. The Balaban J connectivity index is 1.92. The van der Waals surface area contributed by atoms with E-state index in [1.807, 2.05) is 30.3 Å². The second-order valence-electron chi connectivity index (χ2n) is 4.78. The SMILES string of the molecule is CNC(=O)CCN(C)C(=O)Nc1cnn(-c2ccccc2)c1. The predicted molar refractivity (Wildman–Crippen MR) is 83.9 cm³/mol. The standard InChI is InChI=1S/C15H19N5O2/c1-16-14(21)8-9-19(2)15(22)18-12-10-17-20(11-12)13-6-4-3-5-7-13/h3-7,10-11H,8-9H2,1-2H3,(H,16,21)(H,18,22). The van der Waals surface area contributed by atoms with Gasteiger partial charge in [-0.15, -0.1) is 0 Å². The quantitative estimate of drug-likeness (QED) is 0.877. The lowest BCUT2D eigenvalue weighted by atomic mass is 10.3. The van der Waals surface area contributed by atoms with E-state index in [0.717, 1.165) is 5.69 Å². The molecule has 1 aromatic carbocycles. The van der Waals surface area contributed by atoms with Crippen LogP contribution in [0.25, 0.3) is 5.69 Å². The summed E-state index contributed by atoms with van der Waals surface area (Å²) in [5.74, 6) is -0.100. The van der Waals surface area contributed by atoms with E-state index in [0.29, 0.717) is 12.2 Å². The molecule has 0 aliphatic rings. The number of para-hydroxylation sites is 1. The molecule has 1 aromatic heterocycles. The first kappa shape index (κ1) is 15.6. The molecule has 3 amide bonds. The van der Waals surface area contributed by atoms with Gasteiger partial charge in [-0.2, -0.15) is 5.10 Å². The molecule has 22 heavy (non-hydrogen) atoms. The number of nitrogens with one attached hydrogen (secondary N) is 2. The molecule has 0 aliphatic heterocycles. The molecule has 2 N–H and O–H groups in total. The highest BCUT2D eigenvalue weighted by Gasteiger charge is 2.11. The molecule has 7 heteroatoms. The Morgan fingerprint density at radius 2 is 2.00 bits per heavy atom. The maximum Gasteiger partial charge on any atom is 0.321 e. The second-order valence-corrected chi connectivity index (χ2v) is 4.78. The van der Waals surface area contributed by atoms with Gasteiger partial charge in [0.15, 0.2) is 0 Å². The summed E-state index contributed by atoms with van der Waals surface area (Å²) in [5, 5.41) is 9.47. The zero-order chi connectivity index (χ0) is 15.9. The van der Waals surface area contributed by atoms with Gasteiger partial charge in [-0.1, -0.05) is 18.2 Å². The first-order chi connectivity index (χ1) is 10.6. The molecule has 2 aromatic rings. The number of carbonyl (C=O) groups excluding carboxylic acids is 2. The minimum atomic E-state index is -0.281. The van der Waals surface area contributed by atoms with E-state index in [9.17, 15) is 9.59 Å². The van der Waals surface area contributed by atoms with E-state index in [4.69, 9.17) is 0 Å². The van der Waals surface area contributed by atoms with E-state index in [1.165, 1.54) is 4.90 Å². The van der Waals surface area contributed by atoms with E-state index >= 15 is 0 Å². The Morgan fingerprint density at radius 1 is 1.27 bits per heavy atom. The number of anilines is 1. The van der Waals surface area contributed by atoms with Crippen molar-refractivity contribution in [1.29, 1.82) is 0 Å². The first-order valence-electron chi connectivity index (χ1n) is 6.93. The van der Waals surface area contributed by atoms with Crippen LogP contribution in [0.3, 0.4) is 0 Å². The highest BCUT2D eigenvalue weighted by atomic mass is 16.2. The number of benzene rings is 1. The van der Waals surface area contributed by atoms with Crippen molar-refractivity contribution in [3.8, 4) is 5.69 Å². The number of amides is 3. The number of urea groups is 1. The summed E-state index contributed by atoms with van der Waals surface area (Å²) in [4.78, 5) is 24.6. The van der Waals surface area contributed by atoms with E-state index in [-0.39, 0.29) is 18.4 Å². The van der Waals surface area contributed by atoms with Gasteiger partial charge in [0.05, 0.1) is 23.8 Å². The monoisotopic (exact) mass is 301 g/mol. The van der Waals surface area contributed by atoms with Crippen molar-refractivity contribution in [3.63, 3.8) is 0 Å². The zero-order valence-corrected chi connectivity index (χ0v) is 12.6. The molecule has 0 saturated carbocycles. The van der Waals surface area contributed by atoms with Crippen molar-refractivity contribution in [2.24, 2.45) is 0 Å². The van der Waals surface area contributed by atoms with Gasteiger partial charge in [0.2, 0.25) is 5.91 Å². The molecule has 0 aliphatic carbocycles. The van der Waals surface area contributed by atoms with Crippen LogP contribution in [-0.4, -0.2) is 47.3 Å². The smallest absolute Gasteiger partial charge is 0.321 e. The molecule has 2 rings (SSSR count). The van der Waals surface area contributed by atoms with Gasteiger partial charge >= 0.3 is 6.03 Å². The highest BCUT2D eigenvalue weighted by molar-refractivity contribution is 5.89. The third kappa shape index (κ3) is 4.08. The molecule has 7 nitrogen and oxygen atoms in total. The predicted octanol–water partition coefficient (Wildman–Crippen LogP) is 1.47. The third-order valence-electron chi connectivity index (χ3n) is 3.15. The van der Waals surface area contributed by atoms with Gasteiger partial charge in [0.1, 0.15) is 0 Å². The topological polar surface area (TPSA) is 79.3 Å². The average Bonchev–Trinajstić information content (AvgIpc) is 3.01. The third-order valence-corrected chi connectivity index (χ3v) is 3.15. The van der Waals surface area contributed by atoms with Gasteiger partial charge in [0, 0.05) is 27.1 Å². The fraction of sp³-hybridized carbons (Fsp3) is 0.267. The molecular formula is C15H19N5O2. The summed E-state index contributed by atoms with van der Waals surface area (Å²) in [7, 11) is 3.21. The van der Waals surface area contributed by atoms with Gasteiger partial charge < -0.3 is 15.5 Å². The van der Waals surface area contributed by atoms with Crippen molar-refractivity contribution in [2.75, 3.05) is 26.0 Å². The lowest BCUT2D eigenvalue weighted by Crippen LogP contribution is -2.34. The molecule has 0 unspecified atom stereocenters. The van der Waals surface area contributed by atoms with Crippen LogP contribution in [0.5, 0.6) is 0 Å². The van der Waals surface area contributed by atoms with E-state index in [2.05, 4.69) is 15.7 Å². The van der Waals surface area contributed by atoms with Crippen LogP contribution >= 0.6 is 0 Å². The van der Waals surface area contributed by atoms with Crippen molar-refractivity contribution >= 4 is 17.6 Å². The van der Waals surface area contributed by atoms with Gasteiger partial charge in [-0.05, 0) is 12.1 Å². The molecule has 0 fully saturated rings. The van der Waals surface area contributed by atoms with Crippen LogP contribution < -0.4 is 10.6 Å². The van der Waals surface area contributed by atoms with Crippen LogP contribution in [0.1, 0.15) is 6.42 Å². The molecular weight excluding hydrogens is 282 g/mol. The second kappa shape index (κ2) is 7.26. The summed E-state index contributed by atoms with van der Waals surface area (Å²) in [5.41, 5.74) is 1.51. The van der Waals surface area contributed by atoms with Gasteiger partial charge in [-0.25, -0.2) is 9.48 Å². The summed E-state index contributed by atoms with van der Waals surface area (Å²) < 4.78 is 1.68. The van der Waals surface area contributed by atoms with Crippen LogP contribution in [0, 0.1) is 0 Å². The Hall–Kier alpha value is -2.83. The largest absolute Gasteiger partial charge is 0.359 e. The maximum absolute atomic E-state index is 12.0. The van der Waals surface area contributed by atoms with Crippen molar-refractivity contribution < 1.29 is 9.59 Å². The summed E-state index contributed by atoms with van der Waals surface area (Å²) in [6, 6.07) is 9.33. The number of hydrogen-bond donors (Lipinski definition) is 2. The summed E-state index contributed by atoms with van der Waals surface area (Å²) >= 11 is 0. The molecule has 0 saturated heterocycles. The molecule has 0 bridgehead atoms. The number of nitrogens with zero attached hydrogens (tertiary/aromatic N) is 3. The number of hydrogen-bond acceptors (Lipinski definition) is 3. The number of carbonyl (C=O) groups is 2. The zero-order valence-electron chi connectivity index (χ0n) is 12.6. The number of rotatable bonds is 5. The van der Waals surface area contributed by atoms with Gasteiger partial charge in [0.25, 0.3) is 0 Å². The van der Waals surface area contributed by atoms with Crippen molar-refractivity contribution in [2.45, 2.75) is 6.42 Å². The van der Waals surface area contributed by atoms with Crippen LogP contribution in [0.15, 0.2) is 42.7 Å². The minimum Gasteiger partial charge on any atom is -0.359 e. The fourth-order valence-electron chi connectivity index (χ4n) is 1.82. The lowest BCUT2D eigenvalue weighted by molar-refractivity contribution is -0.120. The minimum absolute atomic E-state index is 0.100. The molecule has 0 atom stereocenters. The van der Waals surface area contributed by atoms with E-state index in [1.54, 1.807) is 31.2 Å². The van der Waals surface area contributed by atoms with Crippen LogP contribution in [0.4, 0.5) is 10.5 Å². The maximum atomic E-state index is 12.0. The number of aromatic nitrogens is 2. The van der Waals surface area contributed by atoms with Crippen LogP contribution in [-0.2, 0) is 4.79 Å². The van der Waals surface area contributed by atoms with Crippen LogP contribution in [0.2, 0.25) is 0 Å². The highest BCUT2D eigenvalue weighted by Crippen LogP contribution is 2.11. The van der Waals surface area contributed by atoms with E-state index < -0.39 is 0 Å². The average molecular weight is 301 g/mol. The molecule has 116 valence electrons. The lowest BCUT2D eigenvalue weighted by Gasteiger charge is -2.16. The van der Waals surface area contributed by atoms with Crippen molar-refractivity contribution in [3.05, 3.63) is 42.7 Å². The Kier molecular flexibility index (Phi) is 5.13. The first-order valence-corrected chi connectivity index (χ1v) is 6.93. The summed E-state index contributed by atoms with van der Waals surface area (Å²) in [6.07, 6.45) is 3.58.